The van der Waals surface area contributed by atoms with Crippen LogP contribution in [0.3, 0.4) is 0 Å². The van der Waals surface area contributed by atoms with Crippen molar-refractivity contribution in [1.82, 2.24) is 0 Å². The molecule has 5 heteroatoms. The zero-order chi connectivity index (χ0) is 14.5. The molecule has 1 N–H and O–H groups in total. The largest absolute Gasteiger partial charge is 0.324 e. The third-order valence-corrected chi connectivity index (χ3v) is 4.16. The summed E-state index contributed by atoms with van der Waals surface area (Å²) in [6.07, 6.45) is 0. The third-order valence-electron chi connectivity index (χ3n) is 2.58. The molecule has 2 nitrogen and oxygen atoms in total. The number of thioether (sulfide) groups is 1. The van der Waals surface area contributed by atoms with Crippen molar-refractivity contribution in [2.24, 2.45) is 0 Å². The van der Waals surface area contributed by atoms with Gasteiger partial charge in [0, 0.05) is 9.92 Å². The fourth-order valence-electron chi connectivity index (χ4n) is 1.59. The Morgan fingerprint density at radius 1 is 1.15 bits per heavy atom. The second kappa shape index (κ2) is 7.02. The first kappa shape index (κ1) is 15.2. The van der Waals surface area contributed by atoms with Gasteiger partial charge in [-0.05, 0) is 48.9 Å². The number of anilines is 1. The van der Waals surface area contributed by atoms with Crippen molar-refractivity contribution < 1.29 is 4.79 Å². The minimum Gasteiger partial charge on any atom is -0.324 e. The van der Waals surface area contributed by atoms with Crippen molar-refractivity contribution in [3.05, 3.63) is 58.1 Å². The van der Waals surface area contributed by atoms with Gasteiger partial charge in [0.05, 0.1) is 16.5 Å². The van der Waals surface area contributed by atoms with E-state index in [0.29, 0.717) is 21.5 Å². The van der Waals surface area contributed by atoms with Gasteiger partial charge in [0.15, 0.2) is 0 Å². The molecule has 0 aliphatic heterocycles. The van der Waals surface area contributed by atoms with Gasteiger partial charge < -0.3 is 5.32 Å². The van der Waals surface area contributed by atoms with Crippen LogP contribution in [-0.4, -0.2) is 11.7 Å². The first-order valence-electron chi connectivity index (χ1n) is 5.99. The fraction of sp³-hybridized carbons (Fsp3) is 0.133. The van der Waals surface area contributed by atoms with E-state index in [2.05, 4.69) is 5.32 Å². The molecule has 0 radical (unpaired) electrons. The van der Waals surface area contributed by atoms with Gasteiger partial charge in [-0.25, -0.2) is 0 Å². The van der Waals surface area contributed by atoms with Gasteiger partial charge in [-0.1, -0.05) is 29.3 Å². The Balaban J connectivity index is 1.90. The lowest BCUT2D eigenvalue weighted by Gasteiger charge is -2.08. The predicted molar refractivity (Wildman–Crippen MR) is 87.0 cm³/mol. The fourth-order valence-corrected chi connectivity index (χ4v) is 2.69. The Morgan fingerprint density at radius 3 is 2.50 bits per heavy atom. The highest BCUT2D eigenvalue weighted by molar-refractivity contribution is 8.00. The highest BCUT2D eigenvalue weighted by Gasteiger charge is 2.06. The van der Waals surface area contributed by atoms with Crippen LogP contribution in [0.25, 0.3) is 0 Å². The zero-order valence-corrected chi connectivity index (χ0v) is 13.1. The summed E-state index contributed by atoms with van der Waals surface area (Å²) < 4.78 is 0. The van der Waals surface area contributed by atoms with E-state index >= 15 is 0 Å². The maximum absolute atomic E-state index is 11.9. The molecule has 20 heavy (non-hydrogen) atoms. The molecule has 2 rings (SSSR count). The van der Waals surface area contributed by atoms with Crippen molar-refractivity contribution in [2.75, 3.05) is 11.1 Å². The molecule has 2 aromatic rings. The number of nitrogens with one attached hydrogen (secondary N) is 1. The van der Waals surface area contributed by atoms with Gasteiger partial charge in [-0.15, -0.1) is 11.8 Å². The molecule has 0 atom stereocenters. The molecule has 0 saturated heterocycles. The van der Waals surface area contributed by atoms with Crippen molar-refractivity contribution in [1.29, 1.82) is 0 Å². The molecule has 0 unspecified atom stereocenters. The second-order valence-corrected chi connectivity index (χ2v) is 6.17. The van der Waals surface area contributed by atoms with Crippen molar-refractivity contribution in [2.45, 2.75) is 11.8 Å². The first-order valence-corrected chi connectivity index (χ1v) is 7.73. The van der Waals surface area contributed by atoms with Crippen LogP contribution in [0.15, 0.2) is 47.4 Å². The summed E-state index contributed by atoms with van der Waals surface area (Å²) in [6, 6.07) is 12.9. The quantitative estimate of drug-likeness (QED) is 0.798. The smallest absolute Gasteiger partial charge is 0.234 e. The molecule has 0 aromatic heterocycles. The van der Waals surface area contributed by atoms with Crippen molar-refractivity contribution in [3.63, 3.8) is 0 Å². The van der Waals surface area contributed by atoms with Crippen LogP contribution in [0.1, 0.15) is 5.56 Å². The molecule has 0 heterocycles. The van der Waals surface area contributed by atoms with E-state index in [9.17, 15) is 4.79 Å². The van der Waals surface area contributed by atoms with Crippen LogP contribution in [0.2, 0.25) is 10.0 Å². The number of hydrogen-bond donors (Lipinski definition) is 1. The van der Waals surface area contributed by atoms with E-state index in [4.69, 9.17) is 23.2 Å². The molecule has 0 aliphatic carbocycles. The molecule has 0 saturated carbocycles. The molecular weight excluding hydrogens is 313 g/mol. The number of carbonyl (C=O) groups excluding carboxylic acids is 1. The van der Waals surface area contributed by atoms with Gasteiger partial charge in [-0.2, -0.15) is 0 Å². The number of aryl methyl sites for hydroxylation is 1. The van der Waals surface area contributed by atoms with Crippen LogP contribution in [0, 0.1) is 6.92 Å². The summed E-state index contributed by atoms with van der Waals surface area (Å²) in [5.41, 5.74) is 1.70. The molecule has 104 valence electrons. The average Bonchev–Trinajstić information content (AvgIpc) is 2.41. The normalized spacial score (nSPS) is 10.3. The van der Waals surface area contributed by atoms with Gasteiger partial charge in [0.2, 0.25) is 5.91 Å². The Bertz CT molecular complexity index is 614. The van der Waals surface area contributed by atoms with E-state index in [-0.39, 0.29) is 5.91 Å². The Hall–Kier alpha value is -1.16. The minimum atomic E-state index is -0.0873. The van der Waals surface area contributed by atoms with Crippen LogP contribution < -0.4 is 5.32 Å². The molecule has 1 amide bonds. The summed E-state index contributed by atoms with van der Waals surface area (Å²) >= 11 is 13.3. The summed E-state index contributed by atoms with van der Waals surface area (Å²) in [5.74, 6) is 0.238. The SMILES string of the molecule is Cc1ccc(NC(=O)CSc2ccc(Cl)cc2)c(Cl)c1. The van der Waals surface area contributed by atoms with E-state index in [1.54, 1.807) is 12.1 Å². The van der Waals surface area contributed by atoms with Gasteiger partial charge in [0.1, 0.15) is 0 Å². The topological polar surface area (TPSA) is 29.1 Å². The van der Waals surface area contributed by atoms with Crippen LogP contribution in [0.4, 0.5) is 5.69 Å². The lowest BCUT2D eigenvalue weighted by Crippen LogP contribution is -2.14. The van der Waals surface area contributed by atoms with Gasteiger partial charge in [0.25, 0.3) is 0 Å². The zero-order valence-electron chi connectivity index (χ0n) is 10.8. The Kier molecular flexibility index (Phi) is 5.35. The number of benzene rings is 2. The van der Waals surface area contributed by atoms with Gasteiger partial charge in [-0.3, -0.25) is 4.79 Å². The van der Waals surface area contributed by atoms with Crippen LogP contribution in [0.5, 0.6) is 0 Å². The van der Waals surface area contributed by atoms with E-state index in [0.717, 1.165) is 10.5 Å². The predicted octanol–water partition coefficient (Wildman–Crippen LogP) is 5.03. The van der Waals surface area contributed by atoms with E-state index < -0.39 is 0 Å². The lowest BCUT2D eigenvalue weighted by atomic mass is 10.2. The molecule has 0 spiro atoms. The highest BCUT2D eigenvalue weighted by Crippen LogP contribution is 2.24. The number of halogens is 2. The Morgan fingerprint density at radius 2 is 1.85 bits per heavy atom. The maximum atomic E-state index is 11.9. The van der Waals surface area contributed by atoms with Crippen LogP contribution in [-0.2, 0) is 4.79 Å². The number of amides is 1. The first-order chi connectivity index (χ1) is 9.54. The van der Waals surface area contributed by atoms with Gasteiger partial charge >= 0.3 is 0 Å². The third kappa shape index (κ3) is 4.44. The molecule has 0 aliphatic rings. The summed E-state index contributed by atoms with van der Waals surface area (Å²) in [5, 5.41) is 4.04. The minimum absolute atomic E-state index is 0.0873. The average molecular weight is 326 g/mol. The van der Waals surface area contributed by atoms with E-state index in [1.807, 2.05) is 37.3 Å². The standard InChI is InChI=1S/C15H13Cl2NOS/c1-10-2-7-14(13(17)8-10)18-15(19)9-20-12-5-3-11(16)4-6-12/h2-8H,9H2,1H3,(H,18,19). The summed E-state index contributed by atoms with van der Waals surface area (Å²) in [4.78, 5) is 12.9. The maximum Gasteiger partial charge on any atom is 0.234 e. The number of hydrogen-bond acceptors (Lipinski definition) is 2. The molecule has 0 bridgehead atoms. The number of carbonyl (C=O) groups is 1. The lowest BCUT2D eigenvalue weighted by molar-refractivity contribution is -0.113. The summed E-state index contributed by atoms with van der Waals surface area (Å²) in [6.45, 7) is 1.95. The number of rotatable bonds is 4. The monoisotopic (exact) mass is 325 g/mol. The molecular formula is C15H13Cl2NOS. The van der Waals surface area contributed by atoms with Crippen LogP contribution >= 0.6 is 35.0 Å². The second-order valence-electron chi connectivity index (χ2n) is 4.27. The molecule has 2 aromatic carbocycles. The Labute approximate surface area is 132 Å². The summed E-state index contributed by atoms with van der Waals surface area (Å²) in [7, 11) is 0. The highest BCUT2D eigenvalue weighted by atomic mass is 35.5. The van der Waals surface area contributed by atoms with Crippen molar-refractivity contribution in [3.8, 4) is 0 Å². The van der Waals surface area contributed by atoms with E-state index in [1.165, 1.54) is 11.8 Å². The molecule has 0 fully saturated rings. The van der Waals surface area contributed by atoms with Crippen molar-refractivity contribution >= 4 is 46.6 Å².